The zero-order chi connectivity index (χ0) is 30.9. The van der Waals surface area contributed by atoms with Crippen molar-refractivity contribution in [3.63, 3.8) is 0 Å². The van der Waals surface area contributed by atoms with E-state index in [9.17, 15) is 9.90 Å². The highest BCUT2D eigenvalue weighted by molar-refractivity contribution is 5.87. The fourth-order valence-electron chi connectivity index (χ4n) is 11.2. The summed E-state index contributed by atoms with van der Waals surface area (Å²) >= 11 is 0. The van der Waals surface area contributed by atoms with Crippen molar-refractivity contribution in [2.45, 2.75) is 125 Å². The number of phenolic OH excluding ortho intramolecular Hbond substituents is 1. The van der Waals surface area contributed by atoms with E-state index in [2.05, 4.69) is 41.5 Å². The van der Waals surface area contributed by atoms with E-state index in [1.54, 1.807) is 24.3 Å². The Hall–Kier alpha value is -1.97. The van der Waals surface area contributed by atoms with E-state index in [0.29, 0.717) is 22.5 Å². The van der Waals surface area contributed by atoms with Gasteiger partial charge in [0.15, 0.2) is 11.5 Å². The van der Waals surface area contributed by atoms with Gasteiger partial charge >= 0.3 is 5.97 Å². The number of hydrogen-bond donors (Lipinski definition) is 1. The van der Waals surface area contributed by atoms with Crippen LogP contribution in [-0.4, -0.2) is 24.3 Å². The summed E-state index contributed by atoms with van der Waals surface area (Å²) in [5.74, 6) is 6.95. The maximum atomic E-state index is 12.8. The van der Waals surface area contributed by atoms with E-state index < -0.39 is 0 Å². The molecule has 0 unspecified atom stereocenters. The number of carbonyl (C=O) groups is 1. The third kappa shape index (κ3) is 6.41. The van der Waals surface area contributed by atoms with Gasteiger partial charge in [-0.3, -0.25) is 0 Å². The summed E-state index contributed by atoms with van der Waals surface area (Å²) in [4.78, 5) is 12.8. The zero-order valence-electron chi connectivity index (χ0n) is 28.2. The Bertz CT molecular complexity index is 1140. The maximum Gasteiger partial charge on any atom is 0.331 e. The number of esters is 1. The molecule has 4 aliphatic carbocycles. The molecule has 10 atom stereocenters. The molecule has 0 aliphatic heterocycles. The molecule has 4 fully saturated rings. The number of carbonyl (C=O) groups excluding carboxylic acids is 1. The Balaban J connectivity index is 1.17. The molecule has 0 radical (unpaired) electrons. The molecule has 0 amide bonds. The topological polar surface area (TPSA) is 55.8 Å². The van der Waals surface area contributed by atoms with Gasteiger partial charge < -0.3 is 14.6 Å². The zero-order valence-corrected chi connectivity index (χ0v) is 28.2. The first-order chi connectivity index (χ1) is 20.5. The maximum absolute atomic E-state index is 12.8. The van der Waals surface area contributed by atoms with Crippen LogP contribution in [0.25, 0.3) is 6.08 Å². The van der Waals surface area contributed by atoms with Gasteiger partial charge in [-0.05, 0) is 146 Å². The fourth-order valence-corrected chi connectivity index (χ4v) is 11.2. The summed E-state index contributed by atoms with van der Waals surface area (Å²) < 4.78 is 11.2. The molecule has 4 saturated carbocycles. The molecule has 1 aromatic carbocycles. The van der Waals surface area contributed by atoms with Crippen LogP contribution in [0.3, 0.4) is 0 Å². The van der Waals surface area contributed by atoms with E-state index in [4.69, 9.17) is 9.47 Å². The summed E-state index contributed by atoms with van der Waals surface area (Å²) in [5.41, 5.74) is 1.72. The quantitative estimate of drug-likeness (QED) is 0.217. The molecule has 0 aromatic heterocycles. The second-order valence-electron chi connectivity index (χ2n) is 16.0. The Labute approximate surface area is 262 Å². The van der Waals surface area contributed by atoms with E-state index in [1.165, 1.54) is 77.4 Å². The standard InChI is InChI=1S/C39H60O4/c1-8-28(25(2)3)12-9-26(4)32-15-16-33-31-14-13-29-24-30(19-21-38(29,5)34(31)20-22-39(32,33)6)43-37(41)18-11-27-10-17-35(40)36(23-27)42-7/h10-11,17-18,23,25-26,28-34,40H,8-9,12-16,19-22,24H2,1-7H3/b18-11+/t26-,28-,29-,30-,31-,32+,33-,34-,38-,39+/m0/s1. The largest absolute Gasteiger partial charge is 0.504 e. The van der Waals surface area contributed by atoms with Gasteiger partial charge in [0.25, 0.3) is 0 Å². The first-order valence-electron chi connectivity index (χ1n) is 17.8. The summed E-state index contributed by atoms with van der Waals surface area (Å²) in [6.45, 7) is 15.1. The molecule has 0 saturated heterocycles. The number of methoxy groups -OCH3 is 1. The van der Waals surface area contributed by atoms with Gasteiger partial charge in [0.2, 0.25) is 0 Å². The number of ether oxygens (including phenoxy) is 2. The number of benzene rings is 1. The van der Waals surface area contributed by atoms with Crippen LogP contribution in [-0.2, 0) is 9.53 Å². The van der Waals surface area contributed by atoms with Gasteiger partial charge in [-0.15, -0.1) is 0 Å². The van der Waals surface area contributed by atoms with Crippen LogP contribution in [0, 0.1) is 58.2 Å². The Morgan fingerprint density at radius 3 is 2.47 bits per heavy atom. The monoisotopic (exact) mass is 592 g/mol. The third-order valence-electron chi connectivity index (χ3n) is 13.7. The number of fused-ring (bicyclic) bond motifs is 5. The highest BCUT2D eigenvalue weighted by atomic mass is 16.5. The molecule has 4 nitrogen and oxygen atoms in total. The van der Waals surface area contributed by atoms with Crippen molar-refractivity contribution in [1.29, 1.82) is 0 Å². The highest BCUT2D eigenvalue weighted by Gasteiger charge is 2.60. The lowest BCUT2D eigenvalue weighted by Crippen LogP contribution is -2.54. The second kappa shape index (κ2) is 13.2. The molecule has 0 bridgehead atoms. The van der Waals surface area contributed by atoms with E-state index >= 15 is 0 Å². The van der Waals surface area contributed by atoms with Crippen molar-refractivity contribution in [2.75, 3.05) is 7.11 Å². The van der Waals surface area contributed by atoms with Crippen LogP contribution in [0.15, 0.2) is 24.3 Å². The van der Waals surface area contributed by atoms with Crippen molar-refractivity contribution in [3.05, 3.63) is 29.8 Å². The summed E-state index contributed by atoms with van der Waals surface area (Å²) in [7, 11) is 1.52. The Morgan fingerprint density at radius 1 is 1.00 bits per heavy atom. The lowest BCUT2D eigenvalue weighted by atomic mass is 9.44. The number of hydrogen-bond acceptors (Lipinski definition) is 4. The first-order valence-corrected chi connectivity index (χ1v) is 17.8. The van der Waals surface area contributed by atoms with Gasteiger partial charge in [-0.1, -0.05) is 60.5 Å². The van der Waals surface area contributed by atoms with Gasteiger partial charge in [0, 0.05) is 6.08 Å². The first kappa shape index (κ1) is 32.4. The molecule has 5 rings (SSSR count). The second-order valence-corrected chi connectivity index (χ2v) is 16.0. The number of aromatic hydroxyl groups is 1. The highest BCUT2D eigenvalue weighted by Crippen LogP contribution is 2.68. The van der Waals surface area contributed by atoms with Crippen molar-refractivity contribution in [2.24, 2.45) is 58.2 Å². The van der Waals surface area contributed by atoms with Crippen molar-refractivity contribution < 1.29 is 19.4 Å². The van der Waals surface area contributed by atoms with Crippen LogP contribution in [0.4, 0.5) is 0 Å². The van der Waals surface area contributed by atoms with Crippen LogP contribution in [0.1, 0.15) is 124 Å². The molecule has 4 aliphatic rings. The predicted octanol–water partition coefficient (Wildman–Crippen LogP) is 10.1. The molecule has 0 spiro atoms. The average molecular weight is 593 g/mol. The smallest absolute Gasteiger partial charge is 0.331 e. The minimum atomic E-state index is -0.271. The van der Waals surface area contributed by atoms with Crippen molar-refractivity contribution >= 4 is 12.0 Å². The normalized spacial score (nSPS) is 36.9. The van der Waals surface area contributed by atoms with E-state index in [0.717, 1.165) is 59.8 Å². The lowest BCUT2D eigenvalue weighted by molar-refractivity contribution is -0.157. The molecule has 4 heteroatoms. The number of rotatable bonds is 10. The SMILES string of the molecule is CC[C@@H](CC[C@H](C)[C@H]1CC[C@H]2[C@@H]3CC[C@H]4C[C@@H](OC(=O)/C=C/c5ccc(O)c(OC)c5)CC[C@]4(C)[C@H]3CC[C@]12C)C(C)C. The molecular formula is C39H60O4. The Kier molecular flexibility index (Phi) is 9.94. The minimum absolute atomic E-state index is 0.0180. The van der Waals surface area contributed by atoms with E-state index in [-0.39, 0.29) is 17.8 Å². The van der Waals surface area contributed by atoms with Crippen LogP contribution in [0.2, 0.25) is 0 Å². The minimum Gasteiger partial charge on any atom is -0.504 e. The summed E-state index contributed by atoms with van der Waals surface area (Å²) in [5, 5.41) is 9.83. The van der Waals surface area contributed by atoms with Gasteiger partial charge in [-0.25, -0.2) is 4.79 Å². The van der Waals surface area contributed by atoms with Crippen LogP contribution >= 0.6 is 0 Å². The van der Waals surface area contributed by atoms with Crippen molar-refractivity contribution in [1.82, 2.24) is 0 Å². The predicted molar refractivity (Wildman–Crippen MR) is 176 cm³/mol. The fraction of sp³-hybridized carbons (Fsp3) is 0.769. The van der Waals surface area contributed by atoms with Crippen LogP contribution in [0.5, 0.6) is 11.5 Å². The molecule has 0 heterocycles. The van der Waals surface area contributed by atoms with Gasteiger partial charge in [0.1, 0.15) is 6.10 Å². The molecule has 43 heavy (non-hydrogen) atoms. The molecule has 240 valence electrons. The van der Waals surface area contributed by atoms with Crippen molar-refractivity contribution in [3.8, 4) is 11.5 Å². The molecule has 1 aromatic rings. The lowest BCUT2D eigenvalue weighted by Gasteiger charge is -2.61. The third-order valence-corrected chi connectivity index (χ3v) is 13.7. The Morgan fingerprint density at radius 2 is 1.74 bits per heavy atom. The summed E-state index contributed by atoms with van der Waals surface area (Å²) in [6, 6.07) is 5.07. The molecular weight excluding hydrogens is 532 g/mol. The number of phenols is 1. The van der Waals surface area contributed by atoms with Crippen LogP contribution < -0.4 is 4.74 Å². The van der Waals surface area contributed by atoms with Gasteiger partial charge in [0.05, 0.1) is 7.11 Å². The molecule has 1 N–H and O–H groups in total. The summed E-state index contributed by atoms with van der Waals surface area (Å²) in [6.07, 6.45) is 19.0. The van der Waals surface area contributed by atoms with E-state index in [1.807, 2.05) is 0 Å². The average Bonchev–Trinajstić information content (AvgIpc) is 3.34. The van der Waals surface area contributed by atoms with Gasteiger partial charge in [-0.2, -0.15) is 0 Å².